The minimum Gasteiger partial charge on any atom is -0.312 e. The summed E-state index contributed by atoms with van der Waals surface area (Å²) in [4.78, 5) is 17.8. The molecule has 2 heterocycles. The van der Waals surface area contributed by atoms with Gasteiger partial charge in [0.2, 0.25) is 15.9 Å². The fourth-order valence-electron chi connectivity index (χ4n) is 2.70. The van der Waals surface area contributed by atoms with E-state index in [0.717, 1.165) is 12.1 Å². The molecule has 1 amide bonds. The molecule has 1 fully saturated rings. The van der Waals surface area contributed by atoms with Crippen molar-refractivity contribution in [3.8, 4) is 0 Å². The summed E-state index contributed by atoms with van der Waals surface area (Å²) >= 11 is 0. The largest absolute Gasteiger partial charge is 0.312 e. The highest BCUT2D eigenvalue weighted by atomic mass is 32.2. The van der Waals surface area contributed by atoms with Crippen LogP contribution in [0.3, 0.4) is 0 Å². The maximum atomic E-state index is 12.7. The lowest BCUT2D eigenvalue weighted by atomic mass is 10.3. The van der Waals surface area contributed by atoms with Gasteiger partial charge in [-0.2, -0.15) is 4.31 Å². The monoisotopic (exact) mass is 345 g/mol. The molecule has 6 nitrogen and oxygen atoms in total. The zero-order chi connectivity index (χ0) is 17.2. The van der Waals surface area contributed by atoms with Gasteiger partial charge in [-0.3, -0.25) is 9.78 Å². The summed E-state index contributed by atoms with van der Waals surface area (Å²) in [7, 11) is -2.07. The molecular formula is C17H19N3O3S. The van der Waals surface area contributed by atoms with E-state index in [1.807, 2.05) is 6.07 Å². The fraction of sp³-hybridized carbons (Fsp3) is 0.294. The lowest BCUT2D eigenvalue weighted by Gasteiger charge is -2.19. The second kappa shape index (κ2) is 6.70. The molecule has 3 rings (SSSR count). The minimum atomic E-state index is -3.60. The van der Waals surface area contributed by atoms with Gasteiger partial charge < -0.3 is 4.90 Å². The van der Waals surface area contributed by atoms with E-state index in [4.69, 9.17) is 0 Å². The van der Waals surface area contributed by atoms with Crippen molar-refractivity contribution in [3.63, 3.8) is 0 Å². The van der Waals surface area contributed by atoms with Crippen LogP contribution in [0.1, 0.15) is 18.5 Å². The standard InChI is InChI=1S/C17H19N3O3S/c1-19(13-14-5-2-3-11-18-14)24(22,23)16-9-7-15(8-10-16)20-12-4-6-17(20)21/h2-3,5,7-11H,4,6,12-13H2,1H3. The van der Waals surface area contributed by atoms with Gasteiger partial charge in [0.05, 0.1) is 17.1 Å². The number of rotatable bonds is 5. The Morgan fingerprint density at radius 2 is 1.92 bits per heavy atom. The molecule has 0 spiro atoms. The lowest BCUT2D eigenvalue weighted by molar-refractivity contribution is -0.117. The normalized spacial score (nSPS) is 15.2. The van der Waals surface area contributed by atoms with Gasteiger partial charge in [0.25, 0.3) is 0 Å². The summed E-state index contributed by atoms with van der Waals surface area (Å²) in [6, 6.07) is 11.9. The molecule has 1 saturated heterocycles. The lowest BCUT2D eigenvalue weighted by Crippen LogP contribution is -2.27. The number of hydrogen-bond acceptors (Lipinski definition) is 4. The SMILES string of the molecule is CN(Cc1ccccn1)S(=O)(=O)c1ccc(N2CCCC2=O)cc1. The number of aromatic nitrogens is 1. The topological polar surface area (TPSA) is 70.6 Å². The first-order chi connectivity index (χ1) is 11.5. The predicted molar refractivity (Wildman–Crippen MR) is 90.9 cm³/mol. The van der Waals surface area contributed by atoms with E-state index < -0.39 is 10.0 Å². The van der Waals surface area contributed by atoms with Crippen LogP contribution in [-0.2, 0) is 21.4 Å². The molecule has 0 atom stereocenters. The molecule has 0 bridgehead atoms. The molecule has 0 unspecified atom stereocenters. The fourth-order valence-corrected chi connectivity index (χ4v) is 3.85. The number of hydrogen-bond donors (Lipinski definition) is 0. The van der Waals surface area contributed by atoms with Crippen LogP contribution in [0.15, 0.2) is 53.6 Å². The Bertz CT molecular complexity index is 820. The van der Waals surface area contributed by atoms with Gasteiger partial charge in [-0.05, 0) is 42.8 Å². The number of benzene rings is 1. The van der Waals surface area contributed by atoms with Crippen molar-refractivity contribution < 1.29 is 13.2 Å². The van der Waals surface area contributed by atoms with Crippen LogP contribution in [0.5, 0.6) is 0 Å². The second-order valence-electron chi connectivity index (χ2n) is 5.72. The van der Waals surface area contributed by atoms with Crippen molar-refractivity contribution >= 4 is 21.6 Å². The highest BCUT2D eigenvalue weighted by Gasteiger charge is 2.24. The number of amides is 1. The number of carbonyl (C=O) groups is 1. The van der Waals surface area contributed by atoms with Crippen molar-refractivity contribution in [1.29, 1.82) is 0 Å². The molecule has 2 aromatic rings. The van der Waals surface area contributed by atoms with Crippen LogP contribution in [0.25, 0.3) is 0 Å². The maximum absolute atomic E-state index is 12.7. The number of carbonyl (C=O) groups excluding carboxylic acids is 1. The highest BCUT2D eigenvalue weighted by molar-refractivity contribution is 7.89. The predicted octanol–water partition coefficient (Wildman–Crippen LogP) is 2.03. The first-order valence-electron chi connectivity index (χ1n) is 7.75. The van der Waals surface area contributed by atoms with Crippen LogP contribution in [0, 0.1) is 0 Å². The Hall–Kier alpha value is -2.25. The summed E-state index contributed by atoms with van der Waals surface area (Å²) in [5, 5.41) is 0. The molecule has 1 aliphatic heterocycles. The molecule has 7 heteroatoms. The van der Waals surface area contributed by atoms with Gasteiger partial charge in [0.15, 0.2) is 0 Å². The van der Waals surface area contributed by atoms with Crippen LogP contribution >= 0.6 is 0 Å². The van der Waals surface area contributed by atoms with Crippen LogP contribution < -0.4 is 4.90 Å². The third-order valence-corrected chi connectivity index (χ3v) is 5.86. The average Bonchev–Trinajstić information content (AvgIpc) is 3.02. The van der Waals surface area contributed by atoms with Gasteiger partial charge in [-0.1, -0.05) is 6.07 Å². The molecule has 0 saturated carbocycles. The zero-order valence-corrected chi connectivity index (χ0v) is 14.2. The van der Waals surface area contributed by atoms with Crippen LogP contribution in [0.4, 0.5) is 5.69 Å². The van der Waals surface area contributed by atoms with Crippen molar-refractivity contribution in [1.82, 2.24) is 9.29 Å². The highest BCUT2D eigenvalue weighted by Crippen LogP contribution is 2.24. The first-order valence-corrected chi connectivity index (χ1v) is 9.19. The van der Waals surface area contributed by atoms with Gasteiger partial charge in [0, 0.05) is 31.9 Å². The van der Waals surface area contributed by atoms with Crippen molar-refractivity contribution in [2.45, 2.75) is 24.3 Å². The number of sulfonamides is 1. The van der Waals surface area contributed by atoms with E-state index in [0.29, 0.717) is 18.7 Å². The van der Waals surface area contributed by atoms with E-state index in [1.165, 1.54) is 11.4 Å². The van der Waals surface area contributed by atoms with E-state index in [2.05, 4.69) is 4.98 Å². The van der Waals surface area contributed by atoms with Gasteiger partial charge in [-0.15, -0.1) is 0 Å². The molecular weight excluding hydrogens is 326 g/mol. The Balaban J connectivity index is 1.78. The van der Waals surface area contributed by atoms with Gasteiger partial charge in [0.1, 0.15) is 0 Å². The smallest absolute Gasteiger partial charge is 0.243 e. The average molecular weight is 345 g/mol. The van der Waals surface area contributed by atoms with E-state index in [1.54, 1.807) is 47.5 Å². The molecule has 0 aliphatic carbocycles. The van der Waals surface area contributed by atoms with E-state index in [9.17, 15) is 13.2 Å². The third-order valence-electron chi connectivity index (χ3n) is 4.04. The third kappa shape index (κ3) is 3.32. The summed E-state index contributed by atoms with van der Waals surface area (Å²) in [6.07, 6.45) is 3.02. The number of nitrogens with zero attached hydrogens (tertiary/aromatic N) is 3. The minimum absolute atomic E-state index is 0.0814. The summed E-state index contributed by atoms with van der Waals surface area (Å²) in [6.45, 7) is 0.889. The Morgan fingerprint density at radius 3 is 2.50 bits per heavy atom. The maximum Gasteiger partial charge on any atom is 0.243 e. The molecule has 0 N–H and O–H groups in total. The van der Waals surface area contributed by atoms with E-state index in [-0.39, 0.29) is 17.3 Å². The van der Waals surface area contributed by atoms with Crippen molar-refractivity contribution in [3.05, 3.63) is 54.4 Å². The first kappa shape index (κ1) is 16.6. The molecule has 126 valence electrons. The van der Waals surface area contributed by atoms with Crippen molar-refractivity contribution in [2.24, 2.45) is 0 Å². The molecule has 24 heavy (non-hydrogen) atoms. The van der Waals surface area contributed by atoms with Gasteiger partial charge in [-0.25, -0.2) is 8.42 Å². The molecule has 1 aliphatic rings. The van der Waals surface area contributed by atoms with E-state index >= 15 is 0 Å². The Labute approximate surface area is 141 Å². The molecule has 1 aromatic carbocycles. The summed E-state index contributed by atoms with van der Waals surface area (Å²) in [5.74, 6) is 0.0814. The van der Waals surface area contributed by atoms with Crippen LogP contribution in [0.2, 0.25) is 0 Å². The van der Waals surface area contributed by atoms with Gasteiger partial charge >= 0.3 is 0 Å². The Morgan fingerprint density at radius 1 is 1.17 bits per heavy atom. The van der Waals surface area contributed by atoms with Crippen molar-refractivity contribution in [2.75, 3.05) is 18.5 Å². The number of pyridine rings is 1. The Kier molecular flexibility index (Phi) is 4.64. The second-order valence-corrected chi connectivity index (χ2v) is 7.77. The summed E-state index contributed by atoms with van der Waals surface area (Å²) < 4.78 is 26.6. The van der Waals surface area contributed by atoms with Crippen LogP contribution in [-0.4, -0.2) is 37.2 Å². The molecule has 1 aromatic heterocycles. The quantitative estimate of drug-likeness (QED) is 0.831. The molecule has 0 radical (unpaired) electrons. The summed E-state index contributed by atoms with van der Waals surface area (Å²) in [5.41, 5.74) is 1.42. The zero-order valence-electron chi connectivity index (χ0n) is 13.4. The number of anilines is 1.